The van der Waals surface area contributed by atoms with E-state index in [1.54, 1.807) is 4.90 Å². The Kier molecular flexibility index (Phi) is 5.38. The van der Waals surface area contributed by atoms with E-state index in [2.05, 4.69) is 6.92 Å². The van der Waals surface area contributed by atoms with Crippen LogP contribution in [0, 0.1) is 0 Å². The second-order valence-electron chi connectivity index (χ2n) is 4.00. The van der Waals surface area contributed by atoms with Crippen molar-refractivity contribution in [3.05, 3.63) is 0 Å². The molecule has 0 saturated heterocycles. The van der Waals surface area contributed by atoms with Gasteiger partial charge in [-0.2, -0.15) is 0 Å². The molecule has 0 heterocycles. The van der Waals surface area contributed by atoms with Gasteiger partial charge in [-0.15, -0.1) is 11.6 Å². The summed E-state index contributed by atoms with van der Waals surface area (Å²) in [4.78, 5) is 13.3. The van der Waals surface area contributed by atoms with Crippen molar-refractivity contribution < 1.29 is 4.79 Å². The van der Waals surface area contributed by atoms with Gasteiger partial charge >= 0.3 is 0 Å². The Hall–Kier alpha value is -0.240. The molecule has 0 aromatic rings. The fourth-order valence-corrected chi connectivity index (χ4v) is 1.10. The van der Waals surface area contributed by atoms with Crippen molar-refractivity contribution >= 4 is 17.5 Å². The molecule has 2 nitrogen and oxygen atoms in total. The Morgan fingerprint density at radius 3 is 2.38 bits per heavy atom. The number of halogens is 1. The number of hydrogen-bond donors (Lipinski definition) is 0. The molecule has 0 aliphatic carbocycles. The van der Waals surface area contributed by atoms with Crippen LogP contribution in [0.1, 0.15) is 40.0 Å². The summed E-state index contributed by atoms with van der Waals surface area (Å²) in [5, 5.41) is 0. The Labute approximate surface area is 86.2 Å². The number of nitrogens with zero attached hydrogens (tertiary/aromatic N) is 1. The SMILES string of the molecule is CCCCC(=O)N(C)C(C)(C)CCl. The van der Waals surface area contributed by atoms with E-state index in [1.165, 1.54) is 0 Å². The molecule has 0 saturated carbocycles. The average molecular weight is 206 g/mol. The van der Waals surface area contributed by atoms with Crippen LogP contribution in [0.2, 0.25) is 0 Å². The minimum atomic E-state index is -0.230. The van der Waals surface area contributed by atoms with E-state index in [-0.39, 0.29) is 11.4 Å². The maximum Gasteiger partial charge on any atom is 0.222 e. The van der Waals surface area contributed by atoms with Gasteiger partial charge in [-0.05, 0) is 20.3 Å². The maximum atomic E-state index is 11.6. The zero-order chi connectivity index (χ0) is 10.5. The molecule has 1 amide bonds. The molecule has 0 unspecified atom stereocenters. The van der Waals surface area contributed by atoms with E-state index >= 15 is 0 Å². The van der Waals surface area contributed by atoms with Gasteiger partial charge in [0.05, 0.1) is 5.54 Å². The highest BCUT2D eigenvalue weighted by atomic mass is 35.5. The zero-order valence-electron chi connectivity index (χ0n) is 9.06. The molecule has 0 rings (SSSR count). The van der Waals surface area contributed by atoms with Crippen LogP contribution in [0.4, 0.5) is 0 Å². The van der Waals surface area contributed by atoms with Crippen LogP contribution in [0.5, 0.6) is 0 Å². The molecule has 0 aromatic carbocycles. The van der Waals surface area contributed by atoms with Crippen LogP contribution >= 0.6 is 11.6 Å². The maximum absolute atomic E-state index is 11.6. The molecule has 0 aliphatic heterocycles. The first-order chi connectivity index (χ1) is 5.95. The highest BCUT2D eigenvalue weighted by molar-refractivity contribution is 6.18. The summed E-state index contributed by atoms with van der Waals surface area (Å²) < 4.78 is 0. The fraction of sp³-hybridized carbons (Fsp3) is 0.900. The van der Waals surface area contributed by atoms with Gasteiger partial charge in [-0.25, -0.2) is 0 Å². The third-order valence-corrected chi connectivity index (χ3v) is 3.01. The monoisotopic (exact) mass is 205 g/mol. The van der Waals surface area contributed by atoms with E-state index in [0.29, 0.717) is 12.3 Å². The molecule has 0 N–H and O–H groups in total. The number of unbranched alkanes of at least 4 members (excludes halogenated alkanes) is 1. The van der Waals surface area contributed by atoms with Gasteiger partial charge in [-0.1, -0.05) is 13.3 Å². The van der Waals surface area contributed by atoms with Crippen LogP contribution in [0.15, 0.2) is 0 Å². The van der Waals surface area contributed by atoms with Crippen molar-refractivity contribution in [2.24, 2.45) is 0 Å². The summed E-state index contributed by atoms with van der Waals surface area (Å²) in [6.07, 6.45) is 2.65. The molecule has 0 aromatic heterocycles. The summed E-state index contributed by atoms with van der Waals surface area (Å²) in [6, 6.07) is 0. The number of carbonyl (C=O) groups excluding carboxylic acids is 1. The van der Waals surface area contributed by atoms with Crippen LogP contribution in [0.3, 0.4) is 0 Å². The predicted molar refractivity (Wildman–Crippen MR) is 57.1 cm³/mol. The van der Waals surface area contributed by atoms with Crippen molar-refractivity contribution in [1.82, 2.24) is 4.90 Å². The second-order valence-corrected chi connectivity index (χ2v) is 4.27. The Bertz CT molecular complexity index is 168. The van der Waals surface area contributed by atoms with Gasteiger partial charge < -0.3 is 4.90 Å². The number of rotatable bonds is 5. The van der Waals surface area contributed by atoms with Gasteiger partial charge in [0.15, 0.2) is 0 Å². The topological polar surface area (TPSA) is 20.3 Å². The number of hydrogen-bond acceptors (Lipinski definition) is 1. The summed E-state index contributed by atoms with van der Waals surface area (Å²) in [5.41, 5.74) is -0.230. The summed E-state index contributed by atoms with van der Waals surface area (Å²) in [5.74, 6) is 0.661. The van der Waals surface area contributed by atoms with Crippen LogP contribution < -0.4 is 0 Å². The largest absolute Gasteiger partial charge is 0.339 e. The smallest absolute Gasteiger partial charge is 0.222 e. The first kappa shape index (κ1) is 12.8. The average Bonchev–Trinajstić information content (AvgIpc) is 2.12. The molecule has 0 fully saturated rings. The lowest BCUT2D eigenvalue weighted by Gasteiger charge is -2.34. The van der Waals surface area contributed by atoms with E-state index in [0.717, 1.165) is 12.8 Å². The lowest BCUT2D eigenvalue weighted by atomic mass is 10.1. The van der Waals surface area contributed by atoms with Crippen molar-refractivity contribution in [3.63, 3.8) is 0 Å². The fourth-order valence-electron chi connectivity index (χ4n) is 0.923. The van der Waals surface area contributed by atoms with Crippen LogP contribution in [-0.2, 0) is 4.79 Å². The Morgan fingerprint density at radius 1 is 1.46 bits per heavy atom. The number of alkyl halides is 1. The van der Waals surface area contributed by atoms with Gasteiger partial charge in [0, 0.05) is 19.3 Å². The minimum Gasteiger partial charge on any atom is -0.339 e. The molecule has 0 aliphatic rings. The van der Waals surface area contributed by atoms with Crippen LogP contribution in [0.25, 0.3) is 0 Å². The quantitative estimate of drug-likeness (QED) is 0.632. The molecule has 3 heteroatoms. The highest BCUT2D eigenvalue weighted by Gasteiger charge is 2.25. The van der Waals surface area contributed by atoms with Gasteiger partial charge in [0.1, 0.15) is 0 Å². The second kappa shape index (κ2) is 5.48. The van der Waals surface area contributed by atoms with Crippen molar-refractivity contribution in [1.29, 1.82) is 0 Å². The highest BCUT2D eigenvalue weighted by Crippen LogP contribution is 2.15. The lowest BCUT2D eigenvalue weighted by Crippen LogP contribution is -2.46. The lowest BCUT2D eigenvalue weighted by molar-refractivity contribution is -0.134. The first-order valence-electron chi connectivity index (χ1n) is 4.78. The van der Waals surface area contributed by atoms with Gasteiger partial charge in [-0.3, -0.25) is 4.79 Å². The molecule has 0 bridgehead atoms. The van der Waals surface area contributed by atoms with Crippen molar-refractivity contribution in [2.75, 3.05) is 12.9 Å². The standard InChI is InChI=1S/C10H20ClNO/c1-5-6-7-9(13)12(4)10(2,3)8-11/h5-8H2,1-4H3. The number of amides is 1. The summed E-state index contributed by atoms with van der Waals surface area (Å²) >= 11 is 5.77. The van der Waals surface area contributed by atoms with E-state index in [9.17, 15) is 4.79 Å². The normalized spacial score (nSPS) is 11.5. The van der Waals surface area contributed by atoms with Crippen molar-refractivity contribution in [3.8, 4) is 0 Å². The Morgan fingerprint density at radius 2 is 2.00 bits per heavy atom. The van der Waals surface area contributed by atoms with E-state index < -0.39 is 0 Å². The Balaban J connectivity index is 4.09. The van der Waals surface area contributed by atoms with Gasteiger partial charge in [0.25, 0.3) is 0 Å². The summed E-state index contributed by atoms with van der Waals surface area (Å²) in [7, 11) is 1.82. The van der Waals surface area contributed by atoms with E-state index in [4.69, 9.17) is 11.6 Å². The predicted octanol–water partition coefficient (Wildman–Crippen LogP) is 2.65. The molecule has 13 heavy (non-hydrogen) atoms. The molecular formula is C10H20ClNO. The molecule has 0 radical (unpaired) electrons. The molecule has 78 valence electrons. The third-order valence-electron chi connectivity index (χ3n) is 2.35. The number of carbonyl (C=O) groups is 1. The molecular weight excluding hydrogens is 186 g/mol. The summed E-state index contributed by atoms with van der Waals surface area (Å²) in [6.45, 7) is 6.04. The van der Waals surface area contributed by atoms with Gasteiger partial charge in [0.2, 0.25) is 5.91 Å². The molecule has 0 atom stereocenters. The first-order valence-corrected chi connectivity index (χ1v) is 5.31. The minimum absolute atomic E-state index is 0.188. The zero-order valence-corrected chi connectivity index (χ0v) is 9.82. The van der Waals surface area contributed by atoms with Crippen LogP contribution in [-0.4, -0.2) is 29.3 Å². The third kappa shape index (κ3) is 3.99. The molecule has 0 spiro atoms. The van der Waals surface area contributed by atoms with Crippen molar-refractivity contribution in [2.45, 2.75) is 45.6 Å². The van der Waals surface area contributed by atoms with E-state index in [1.807, 2.05) is 20.9 Å².